The fraction of sp³-hybridized carbons (Fsp3) is 0.438. The van der Waals surface area contributed by atoms with Gasteiger partial charge in [0.25, 0.3) is 11.8 Å². The number of imide groups is 1. The van der Waals surface area contributed by atoms with Crippen molar-refractivity contribution >= 4 is 17.7 Å². The Labute approximate surface area is 128 Å². The number of carbonyl (C=O) groups excluding carboxylic acids is 3. The second kappa shape index (κ2) is 5.53. The van der Waals surface area contributed by atoms with Crippen molar-refractivity contribution in [2.24, 2.45) is 0 Å². The van der Waals surface area contributed by atoms with Gasteiger partial charge in [-0.05, 0) is 25.5 Å². The molecule has 0 spiro atoms. The standard InChI is InChI=1S/C16H18N2O4/c1-10(14(19)17-8-7-11(9-17)22-2)18-15(20)12-5-3-4-6-13(12)16(18)21/h3-6,10-11H,7-9H2,1-2H3. The highest BCUT2D eigenvalue weighted by atomic mass is 16.5. The van der Waals surface area contributed by atoms with Crippen molar-refractivity contribution in [1.82, 2.24) is 9.80 Å². The summed E-state index contributed by atoms with van der Waals surface area (Å²) in [6.45, 7) is 2.69. The van der Waals surface area contributed by atoms with Crippen LogP contribution in [0.3, 0.4) is 0 Å². The summed E-state index contributed by atoms with van der Waals surface area (Å²) in [5, 5.41) is 0. The van der Waals surface area contributed by atoms with E-state index in [9.17, 15) is 14.4 Å². The van der Waals surface area contributed by atoms with Gasteiger partial charge in [-0.15, -0.1) is 0 Å². The number of rotatable bonds is 3. The molecule has 0 aromatic heterocycles. The molecule has 3 amide bonds. The van der Waals surface area contributed by atoms with Gasteiger partial charge in [-0.3, -0.25) is 19.3 Å². The number of benzene rings is 1. The number of methoxy groups -OCH3 is 1. The zero-order chi connectivity index (χ0) is 15.9. The van der Waals surface area contributed by atoms with Crippen LogP contribution in [0.4, 0.5) is 0 Å². The van der Waals surface area contributed by atoms with Crippen LogP contribution in [0, 0.1) is 0 Å². The highest BCUT2D eigenvalue weighted by molar-refractivity contribution is 6.22. The van der Waals surface area contributed by atoms with Crippen LogP contribution in [-0.4, -0.2) is 59.9 Å². The van der Waals surface area contributed by atoms with Gasteiger partial charge < -0.3 is 9.64 Å². The van der Waals surface area contributed by atoms with Gasteiger partial charge in [0, 0.05) is 20.2 Å². The van der Waals surface area contributed by atoms with E-state index in [1.54, 1.807) is 43.2 Å². The maximum Gasteiger partial charge on any atom is 0.262 e. The van der Waals surface area contributed by atoms with Gasteiger partial charge in [-0.25, -0.2) is 0 Å². The van der Waals surface area contributed by atoms with E-state index in [4.69, 9.17) is 4.74 Å². The lowest BCUT2D eigenvalue weighted by atomic mass is 10.1. The fourth-order valence-electron chi connectivity index (χ4n) is 3.06. The summed E-state index contributed by atoms with van der Waals surface area (Å²) in [7, 11) is 1.62. The zero-order valence-electron chi connectivity index (χ0n) is 12.6. The SMILES string of the molecule is COC1CCN(C(=O)C(C)N2C(=O)c3ccccc3C2=O)C1. The number of hydrogen-bond acceptors (Lipinski definition) is 4. The summed E-state index contributed by atoms with van der Waals surface area (Å²) in [5.41, 5.74) is 0.728. The van der Waals surface area contributed by atoms with E-state index < -0.39 is 17.9 Å². The molecule has 1 aromatic rings. The molecule has 116 valence electrons. The Kier molecular flexibility index (Phi) is 3.70. The summed E-state index contributed by atoms with van der Waals surface area (Å²) in [6.07, 6.45) is 0.801. The lowest BCUT2D eigenvalue weighted by Crippen LogP contribution is -2.49. The predicted octanol–water partition coefficient (Wildman–Crippen LogP) is 0.918. The molecule has 3 rings (SSSR count). The van der Waals surface area contributed by atoms with Crippen molar-refractivity contribution in [3.05, 3.63) is 35.4 Å². The van der Waals surface area contributed by atoms with Gasteiger partial charge in [0.1, 0.15) is 6.04 Å². The highest BCUT2D eigenvalue weighted by Crippen LogP contribution is 2.25. The first kappa shape index (κ1) is 14.7. The van der Waals surface area contributed by atoms with Crippen LogP contribution in [-0.2, 0) is 9.53 Å². The van der Waals surface area contributed by atoms with Crippen LogP contribution in [0.5, 0.6) is 0 Å². The largest absolute Gasteiger partial charge is 0.380 e. The molecule has 2 unspecified atom stereocenters. The Morgan fingerprint density at radius 3 is 2.32 bits per heavy atom. The topological polar surface area (TPSA) is 66.9 Å². The Bertz CT molecular complexity index is 608. The average molecular weight is 302 g/mol. The smallest absolute Gasteiger partial charge is 0.262 e. The molecule has 2 heterocycles. The van der Waals surface area contributed by atoms with Crippen LogP contribution < -0.4 is 0 Å². The second-order valence-electron chi connectivity index (χ2n) is 5.63. The number of nitrogens with zero attached hydrogens (tertiary/aromatic N) is 2. The molecular weight excluding hydrogens is 284 g/mol. The third kappa shape index (κ3) is 2.20. The molecule has 1 saturated heterocycles. The number of carbonyl (C=O) groups is 3. The van der Waals surface area contributed by atoms with E-state index in [2.05, 4.69) is 0 Å². The van der Waals surface area contributed by atoms with Crippen LogP contribution in [0.1, 0.15) is 34.1 Å². The number of ether oxygens (including phenoxy) is 1. The number of hydrogen-bond donors (Lipinski definition) is 0. The first-order valence-corrected chi connectivity index (χ1v) is 7.33. The van der Waals surface area contributed by atoms with Gasteiger partial charge in [0.2, 0.25) is 5.91 Å². The van der Waals surface area contributed by atoms with Crippen molar-refractivity contribution in [1.29, 1.82) is 0 Å². The molecule has 6 nitrogen and oxygen atoms in total. The lowest BCUT2D eigenvalue weighted by molar-refractivity contribution is -0.134. The van der Waals surface area contributed by atoms with Crippen LogP contribution in [0.2, 0.25) is 0 Å². The summed E-state index contributed by atoms with van der Waals surface area (Å²) >= 11 is 0. The quantitative estimate of drug-likeness (QED) is 0.779. The first-order chi connectivity index (χ1) is 10.5. The minimum Gasteiger partial charge on any atom is -0.380 e. The Balaban J connectivity index is 1.79. The molecule has 2 aliphatic rings. The van der Waals surface area contributed by atoms with Crippen molar-refractivity contribution in [3.63, 3.8) is 0 Å². The van der Waals surface area contributed by atoms with Crippen molar-refractivity contribution in [2.45, 2.75) is 25.5 Å². The molecule has 2 aliphatic heterocycles. The molecule has 6 heteroatoms. The normalized spacial score (nSPS) is 22.2. The number of amides is 3. The minimum atomic E-state index is -0.803. The van der Waals surface area contributed by atoms with Gasteiger partial charge >= 0.3 is 0 Å². The molecular formula is C16H18N2O4. The van der Waals surface area contributed by atoms with Crippen LogP contribution >= 0.6 is 0 Å². The van der Waals surface area contributed by atoms with E-state index >= 15 is 0 Å². The van der Waals surface area contributed by atoms with Gasteiger partial charge in [-0.2, -0.15) is 0 Å². The predicted molar refractivity (Wildman–Crippen MR) is 78.4 cm³/mol. The zero-order valence-corrected chi connectivity index (χ0v) is 12.6. The summed E-state index contributed by atoms with van der Waals surface area (Å²) in [6, 6.07) is 5.85. The van der Waals surface area contributed by atoms with Crippen LogP contribution in [0.15, 0.2) is 24.3 Å². The first-order valence-electron chi connectivity index (χ1n) is 7.33. The van der Waals surface area contributed by atoms with Crippen LogP contribution in [0.25, 0.3) is 0 Å². The molecule has 0 bridgehead atoms. The van der Waals surface area contributed by atoms with Crippen molar-refractivity contribution in [3.8, 4) is 0 Å². The summed E-state index contributed by atoms with van der Waals surface area (Å²) in [4.78, 5) is 40.1. The van der Waals surface area contributed by atoms with Gasteiger partial charge in [0.05, 0.1) is 17.2 Å². The van der Waals surface area contributed by atoms with Gasteiger partial charge in [0.15, 0.2) is 0 Å². The second-order valence-corrected chi connectivity index (χ2v) is 5.63. The molecule has 2 atom stereocenters. The molecule has 22 heavy (non-hydrogen) atoms. The van der Waals surface area contributed by atoms with E-state index in [0.717, 1.165) is 11.3 Å². The van der Waals surface area contributed by atoms with E-state index in [1.165, 1.54) is 0 Å². The maximum absolute atomic E-state index is 12.6. The van der Waals surface area contributed by atoms with Crippen molar-refractivity contribution < 1.29 is 19.1 Å². The molecule has 1 fully saturated rings. The van der Waals surface area contributed by atoms with Gasteiger partial charge in [-0.1, -0.05) is 12.1 Å². The highest BCUT2D eigenvalue weighted by Gasteiger charge is 2.42. The Morgan fingerprint density at radius 2 is 1.82 bits per heavy atom. The minimum absolute atomic E-state index is 0.0262. The average Bonchev–Trinajstić information content (AvgIpc) is 3.11. The molecule has 1 aromatic carbocycles. The number of likely N-dealkylation sites (tertiary alicyclic amines) is 1. The molecule has 0 N–H and O–H groups in total. The molecule has 0 saturated carbocycles. The summed E-state index contributed by atoms with van der Waals surface area (Å²) < 4.78 is 5.25. The lowest BCUT2D eigenvalue weighted by Gasteiger charge is -2.26. The fourth-order valence-corrected chi connectivity index (χ4v) is 3.06. The summed E-state index contributed by atoms with van der Waals surface area (Å²) in [5.74, 6) is -1.01. The van der Waals surface area contributed by atoms with Crippen molar-refractivity contribution in [2.75, 3.05) is 20.2 Å². The van der Waals surface area contributed by atoms with E-state index in [-0.39, 0.29) is 12.0 Å². The molecule has 0 radical (unpaired) electrons. The number of fused-ring (bicyclic) bond motifs is 1. The van der Waals surface area contributed by atoms with E-state index in [0.29, 0.717) is 24.2 Å². The maximum atomic E-state index is 12.6. The molecule has 0 aliphatic carbocycles. The third-order valence-corrected chi connectivity index (χ3v) is 4.36. The van der Waals surface area contributed by atoms with E-state index in [1.807, 2.05) is 0 Å². The third-order valence-electron chi connectivity index (χ3n) is 4.36. The Morgan fingerprint density at radius 1 is 1.23 bits per heavy atom. The monoisotopic (exact) mass is 302 g/mol. The Hall–Kier alpha value is -2.21.